The number of carbonyl (C=O) groups is 1. The molecule has 0 radical (unpaired) electrons. The molecule has 20 heavy (non-hydrogen) atoms. The second-order valence-corrected chi connectivity index (χ2v) is 5.49. The summed E-state index contributed by atoms with van der Waals surface area (Å²) in [6, 6.07) is 0. The maximum Gasteiger partial charge on any atom is 0.522 e. The van der Waals surface area contributed by atoms with Crippen LogP contribution in [0.1, 0.15) is 32.6 Å². The van der Waals surface area contributed by atoms with Crippen molar-refractivity contribution in [3.05, 3.63) is 0 Å². The summed E-state index contributed by atoms with van der Waals surface area (Å²) in [5.74, 6) is 0.494. The molecule has 0 aromatic rings. The van der Waals surface area contributed by atoms with Crippen molar-refractivity contribution in [2.24, 2.45) is 5.92 Å². The zero-order valence-corrected chi connectivity index (χ0v) is 11.5. The molecular weight excluding hydrogens is 275 g/mol. The lowest BCUT2D eigenvalue weighted by molar-refractivity contribution is -0.357. The number of hydrogen-bond donors (Lipinski definition) is 0. The molecule has 0 aromatic heterocycles. The van der Waals surface area contributed by atoms with E-state index in [1.165, 1.54) is 0 Å². The predicted octanol–water partition coefficient (Wildman–Crippen LogP) is 2.33. The van der Waals surface area contributed by atoms with E-state index in [1.807, 2.05) is 0 Å². The highest BCUT2D eigenvalue weighted by atomic mass is 19.4. The minimum Gasteiger partial charge on any atom is -0.368 e. The van der Waals surface area contributed by atoms with Crippen LogP contribution in [0.15, 0.2) is 0 Å². The van der Waals surface area contributed by atoms with Gasteiger partial charge in [-0.2, -0.15) is 0 Å². The lowest BCUT2D eigenvalue weighted by atomic mass is 9.92. The molecule has 1 saturated carbocycles. The van der Waals surface area contributed by atoms with E-state index in [4.69, 9.17) is 4.74 Å². The Labute approximate surface area is 116 Å². The monoisotopic (exact) mass is 295 g/mol. The Morgan fingerprint density at radius 2 is 2.00 bits per heavy atom. The Hall–Kier alpha value is -0.820. The molecule has 0 bridgehead atoms. The molecular formula is C13H20F3NO3. The first-order valence-corrected chi connectivity index (χ1v) is 7.01. The van der Waals surface area contributed by atoms with Crippen LogP contribution < -0.4 is 0 Å². The fraction of sp³-hybridized carbons (Fsp3) is 0.923. The van der Waals surface area contributed by atoms with Gasteiger partial charge >= 0.3 is 6.36 Å². The molecule has 0 aromatic carbocycles. The Kier molecular flexibility index (Phi) is 4.90. The summed E-state index contributed by atoms with van der Waals surface area (Å²) < 4.78 is 44.9. The molecule has 2 aliphatic rings. The number of alkyl halides is 3. The molecule has 1 atom stereocenters. The second kappa shape index (κ2) is 6.30. The van der Waals surface area contributed by atoms with Crippen molar-refractivity contribution in [1.29, 1.82) is 0 Å². The summed E-state index contributed by atoms with van der Waals surface area (Å²) >= 11 is 0. The minimum absolute atomic E-state index is 0.0418. The van der Waals surface area contributed by atoms with Crippen molar-refractivity contribution in [3.63, 3.8) is 0 Å². The van der Waals surface area contributed by atoms with Crippen LogP contribution in [-0.4, -0.2) is 49.1 Å². The van der Waals surface area contributed by atoms with Gasteiger partial charge in [0.1, 0.15) is 6.61 Å². The zero-order valence-electron chi connectivity index (χ0n) is 11.5. The summed E-state index contributed by atoms with van der Waals surface area (Å²) in [4.78, 5) is 13.6. The second-order valence-electron chi connectivity index (χ2n) is 5.49. The highest BCUT2D eigenvalue weighted by molar-refractivity contribution is 5.77. The Morgan fingerprint density at radius 1 is 1.30 bits per heavy atom. The van der Waals surface area contributed by atoms with Crippen molar-refractivity contribution < 1.29 is 27.4 Å². The molecule has 1 saturated heterocycles. The van der Waals surface area contributed by atoms with Gasteiger partial charge in [0.05, 0.1) is 12.2 Å². The fourth-order valence-corrected chi connectivity index (χ4v) is 2.61. The first kappa shape index (κ1) is 15.6. The summed E-state index contributed by atoms with van der Waals surface area (Å²) in [6.45, 7) is 3.58. The average Bonchev–Trinajstić information content (AvgIpc) is 2.78. The molecule has 1 heterocycles. The van der Waals surface area contributed by atoms with Crippen LogP contribution in [0.5, 0.6) is 0 Å². The third-order valence-electron chi connectivity index (χ3n) is 4.01. The van der Waals surface area contributed by atoms with Gasteiger partial charge in [-0.05, 0) is 12.3 Å². The fourth-order valence-electron chi connectivity index (χ4n) is 2.61. The third-order valence-corrected chi connectivity index (χ3v) is 4.01. The van der Waals surface area contributed by atoms with Crippen LogP contribution >= 0.6 is 0 Å². The number of nitrogens with zero attached hydrogens (tertiary/aromatic N) is 1. The van der Waals surface area contributed by atoms with Gasteiger partial charge in [-0.1, -0.05) is 13.3 Å². The number of likely N-dealkylation sites (tertiary alicyclic amines) is 1. The molecule has 0 spiro atoms. The number of rotatable bonds is 5. The first-order chi connectivity index (χ1) is 9.37. The molecule has 1 aliphatic carbocycles. The van der Waals surface area contributed by atoms with E-state index in [9.17, 15) is 18.0 Å². The molecule has 2 rings (SSSR count). The van der Waals surface area contributed by atoms with Crippen LogP contribution in [-0.2, 0) is 14.3 Å². The molecule has 0 N–H and O–H groups in total. The molecule has 1 unspecified atom stereocenters. The van der Waals surface area contributed by atoms with Gasteiger partial charge in [0.25, 0.3) is 0 Å². The van der Waals surface area contributed by atoms with Crippen LogP contribution in [0, 0.1) is 5.92 Å². The quantitative estimate of drug-likeness (QED) is 0.781. The Morgan fingerprint density at radius 3 is 2.55 bits per heavy atom. The van der Waals surface area contributed by atoms with E-state index in [0.29, 0.717) is 5.92 Å². The first-order valence-electron chi connectivity index (χ1n) is 7.01. The lowest BCUT2D eigenvalue weighted by Crippen LogP contribution is -2.42. The normalized spacial score (nSPS) is 30.4. The van der Waals surface area contributed by atoms with Gasteiger partial charge in [-0.15, -0.1) is 13.2 Å². The van der Waals surface area contributed by atoms with Gasteiger partial charge in [0.2, 0.25) is 5.91 Å². The molecule has 1 aliphatic heterocycles. The maximum absolute atomic E-state index is 11.9. The van der Waals surface area contributed by atoms with Gasteiger partial charge in [-0.25, -0.2) is 0 Å². The van der Waals surface area contributed by atoms with Gasteiger partial charge < -0.3 is 9.64 Å². The Balaban J connectivity index is 1.59. The van der Waals surface area contributed by atoms with Crippen LogP contribution in [0.4, 0.5) is 13.2 Å². The van der Waals surface area contributed by atoms with E-state index in [-0.39, 0.29) is 31.5 Å². The highest BCUT2D eigenvalue weighted by Gasteiger charge is 2.40. The number of halogens is 3. The van der Waals surface area contributed by atoms with Gasteiger partial charge in [0.15, 0.2) is 0 Å². The van der Waals surface area contributed by atoms with Crippen molar-refractivity contribution >= 4 is 5.91 Å². The van der Waals surface area contributed by atoms with Crippen molar-refractivity contribution in [1.82, 2.24) is 4.90 Å². The topological polar surface area (TPSA) is 38.8 Å². The summed E-state index contributed by atoms with van der Waals surface area (Å²) in [5.41, 5.74) is 0. The van der Waals surface area contributed by atoms with E-state index >= 15 is 0 Å². The van der Waals surface area contributed by atoms with Crippen LogP contribution in [0.25, 0.3) is 0 Å². The standard InChI is InChI=1S/C13H20F3NO3/c1-2-9-3-4-17(7-9)12(18)8-19-10-5-11(6-10)20-13(14,15)16/h9-11H,2-8H2,1H3. The molecule has 2 fully saturated rings. The predicted molar refractivity (Wildman–Crippen MR) is 64.9 cm³/mol. The number of hydrogen-bond acceptors (Lipinski definition) is 3. The number of carbonyl (C=O) groups excluding carboxylic acids is 1. The summed E-state index contributed by atoms with van der Waals surface area (Å²) in [7, 11) is 0. The van der Waals surface area contributed by atoms with Crippen molar-refractivity contribution in [2.45, 2.75) is 51.2 Å². The highest BCUT2D eigenvalue weighted by Crippen LogP contribution is 2.32. The number of ether oxygens (including phenoxy) is 2. The van der Waals surface area contributed by atoms with E-state index in [0.717, 1.165) is 25.9 Å². The molecule has 1 amide bonds. The van der Waals surface area contributed by atoms with Crippen LogP contribution in [0.3, 0.4) is 0 Å². The number of amides is 1. The molecule has 116 valence electrons. The van der Waals surface area contributed by atoms with Crippen molar-refractivity contribution in [3.8, 4) is 0 Å². The smallest absolute Gasteiger partial charge is 0.368 e. The Bertz CT molecular complexity index is 342. The molecule has 4 nitrogen and oxygen atoms in total. The van der Waals surface area contributed by atoms with E-state index in [2.05, 4.69) is 11.7 Å². The summed E-state index contributed by atoms with van der Waals surface area (Å²) in [5, 5.41) is 0. The zero-order chi connectivity index (χ0) is 14.8. The van der Waals surface area contributed by atoms with E-state index < -0.39 is 12.5 Å². The van der Waals surface area contributed by atoms with Crippen molar-refractivity contribution in [2.75, 3.05) is 19.7 Å². The maximum atomic E-state index is 11.9. The average molecular weight is 295 g/mol. The largest absolute Gasteiger partial charge is 0.522 e. The molecule has 7 heteroatoms. The lowest BCUT2D eigenvalue weighted by Gasteiger charge is -2.35. The van der Waals surface area contributed by atoms with Gasteiger partial charge in [-0.3, -0.25) is 9.53 Å². The van der Waals surface area contributed by atoms with E-state index in [1.54, 1.807) is 4.90 Å². The van der Waals surface area contributed by atoms with Gasteiger partial charge in [0, 0.05) is 25.9 Å². The summed E-state index contributed by atoms with van der Waals surface area (Å²) in [6.07, 6.45) is -3.23. The third kappa shape index (κ3) is 4.34. The minimum atomic E-state index is -4.59. The SMILES string of the molecule is CCC1CCN(C(=O)COC2CC(OC(F)(F)F)C2)C1. The van der Waals surface area contributed by atoms with Crippen LogP contribution in [0.2, 0.25) is 0 Å².